The molecule has 0 aromatic heterocycles. The fourth-order valence-electron chi connectivity index (χ4n) is 2.79. The third kappa shape index (κ3) is 4.43. The summed E-state index contributed by atoms with van der Waals surface area (Å²) in [7, 11) is 0. The first-order chi connectivity index (χ1) is 9.35. The number of carbonyl (C=O) groups excluding carboxylic acids is 1. The second-order valence-electron chi connectivity index (χ2n) is 6.91. The normalized spacial score (nSPS) is 29.0. The second-order valence-corrected chi connectivity index (χ2v) is 6.91. The first-order valence-corrected chi connectivity index (χ1v) is 7.67. The smallest absolute Gasteiger partial charge is 0.323 e. The molecule has 2 fully saturated rings. The SMILES string of the molecule is CC(NCC1CN2CCCC2CO1)C(=O)OC(C)(C)C. The predicted octanol–water partition coefficient (Wildman–Crippen LogP) is 1.17. The Morgan fingerprint density at radius 2 is 2.25 bits per heavy atom. The molecule has 0 saturated carbocycles. The first kappa shape index (κ1) is 15.7. The molecule has 3 atom stereocenters. The average molecular weight is 284 g/mol. The lowest BCUT2D eigenvalue weighted by Crippen LogP contribution is -2.51. The zero-order valence-corrected chi connectivity index (χ0v) is 13.1. The molecule has 0 spiro atoms. The van der Waals surface area contributed by atoms with E-state index in [1.165, 1.54) is 19.4 Å². The fourth-order valence-corrected chi connectivity index (χ4v) is 2.79. The molecule has 1 N–H and O–H groups in total. The number of nitrogens with one attached hydrogen (secondary N) is 1. The molecular formula is C15H28N2O3. The fraction of sp³-hybridized carbons (Fsp3) is 0.933. The van der Waals surface area contributed by atoms with Gasteiger partial charge in [0.15, 0.2) is 0 Å². The molecule has 2 aliphatic rings. The van der Waals surface area contributed by atoms with Gasteiger partial charge in [-0.15, -0.1) is 0 Å². The number of morpholine rings is 1. The Kier molecular flexibility index (Phi) is 5.04. The lowest BCUT2D eigenvalue weighted by atomic mass is 10.1. The highest BCUT2D eigenvalue weighted by atomic mass is 16.6. The van der Waals surface area contributed by atoms with E-state index in [4.69, 9.17) is 9.47 Å². The highest BCUT2D eigenvalue weighted by Crippen LogP contribution is 2.22. The van der Waals surface area contributed by atoms with Crippen LogP contribution >= 0.6 is 0 Å². The lowest BCUT2D eigenvalue weighted by molar-refractivity contribution is -0.157. The standard InChI is InChI=1S/C15H28N2O3/c1-11(14(18)20-15(2,3)4)16-8-13-9-17-7-5-6-12(17)10-19-13/h11-13,16H,5-10H2,1-4H3. The topological polar surface area (TPSA) is 50.8 Å². The number of carbonyl (C=O) groups is 1. The molecule has 0 radical (unpaired) electrons. The molecule has 0 amide bonds. The molecule has 2 rings (SSSR count). The Morgan fingerprint density at radius 3 is 2.95 bits per heavy atom. The number of hydrogen-bond acceptors (Lipinski definition) is 5. The average Bonchev–Trinajstić information content (AvgIpc) is 2.81. The van der Waals surface area contributed by atoms with E-state index >= 15 is 0 Å². The van der Waals surface area contributed by atoms with Crippen molar-refractivity contribution in [1.29, 1.82) is 0 Å². The number of esters is 1. The summed E-state index contributed by atoms with van der Waals surface area (Å²) in [6.07, 6.45) is 2.71. The van der Waals surface area contributed by atoms with Gasteiger partial charge in [-0.25, -0.2) is 0 Å². The van der Waals surface area contributed by atoms with Crippen molar-refractivity contribution in [2.75, 3.05) is 26.2 Å². The quantitative estimate of drug-likeness (QED) is 0.785. The van der Waals surface area contributed by atoms with Gasteiger partial charge in [0, 0.05) is 19.1 Å². The van der Waals surface area contributed by atoms with Gasteiger partial charge in [-0.05, 0) is 47.1 Å². The van der Waals surface area contributed by atoms with E-state index in [2.05, 4.69) is 10.2 Å². The molecule has 116 valence electrons. The van der Waals surface area contributed by atoms with Crippen LogP contribution in [0.4, 0.5) is 0 Å². The van der Waals surface area contributed by atoms with Gasteiger partial charge in [0.2, 0.25) is 0 Å². The van der Waals surface area contributed by atoms with E-state index in [9.17, 15) is 4.79 Å². The summed E-state index contributed by atoms with van der Waals surface area (Å²) in [4.78, 5) is 14.4. The highest BCUT2D eigenvalue weighted by molar-refractivity contribution is 5.75. The van der Waals surface area contributed by atoms with E-state index in [-0.39, 0.29) is 18.1 Å². The summed E-state index contributed by atoms with van der Waals surface area (Å²) in [5.41, 5.74) is -0.433. The van der Waals surface area contributed by atoms with Gasteiger partial charge in [0.05, 0.1) is 12.7 Å². The van der Waals surface area contributed by atoms with Crippen LogP contribution in [0.2, 0.25) is 0 Å². The van der Waals surface area contributed by atoms with Crippen LogP contribution < -0.4 is 5.32 Å². The molecule has 0 aliphatic carbocycles. The minimum atomic E-state index is -0.433. The van der Waals surface area contributed by atoms with Crippen molar-refractivity contribution < 1.29 is 14.3 Å². The van der Waals surface area contributed by atoms with Gasteiger partial charge in [0.1, 0.15) is 11.6 Å². The summed E-state index contributed by atoms with van der Waals surface area (Å²) in [6.45, 7) is 11.2. The van der Waals surface area contributed by atoms with Gasteiger partial charge in [-0.2, -0.15) is 0 Å². The van der Waals surface area contributed by atoms with Crippen LogP contribution in [0.25, 0.3) is 0 Å². The number of nitrogens with zero attached hydrogens (tertiary/aromatic N) is 1. The second kappa shape index (κ2) is 6.41. The van der Waals surface area contributed by atoms with Crippen LogP contribution in [0.1, 0.15) is 40.5 Å². The maximum absolute atomic E-state index is 11.9. The molecule has 2 saturated heterocycles. The molecule has 2 aliphatic heterocycles. The molecule has 0 aromatic carbocycles. The van der Waals surface area contributed by atoms with Crippen molar-refractivity contribution in [3.8, 4) is 0 Å². The molecule has 2 heterocycles. The Balaban J connectivity index is 1.70. The van der Waals surface area contributed by atoms with Crippen LogP contribution in [0, 0.1) is 0 Å². The number of rotatable bonds is 4. The summed E-state index contributed by atoms with van der Waals surface area (Å²) < 4.78 is 11.2. The van der Waals surface area contributed by atoms with Gasteiger partial charge in [-0.3, -0.25) is 9.69 Å². The van der Waals surface area contributed by atoms with Crippen LogP contribution in [0.15, 0.2) is 0 Å². The van der Waals surface area contributed by atoms with Crippen LogP contribution in [0.5, 0.6) is 0 Å². The van der Waals surface area contributed by atoms with Gasteiger partial charge < -0.3 is 14.8 Å². The summed E-state index contributed by atoms with van der Waals surface area (Å²) in [5.74, 6) is -0.202. The Morgan fingerprint density at radius 1 is 1.50 bits per heavy atom. The number of hydrogen-bond donors (Lipinski definition) is 1. The summed E-state index contributed by atoms with van der Waals surface area (Å²) >= 11 is 0. The lowest BCUT2D eigenvalue weighted by Gasteiger charge is -2.35. The molecular weight excluding hydrogens is 256 g/mol. The van der Waals surface area contributed by atoms with Crippen molar-refractivity contribution in [3.05, 3.63) is 0 Å². The largest absolute Gasteiger partial charge is 0.459 e. The van der Waals surface area contributed by atoms with Crippen LogP contribution in [0.3, 0.4) is 0 Å². The number of fused-ring (bicyclic) bond motifs is 1. The first-order valence-electron chi connectivity index (χ1n) is 7.67. The minimum Gasteiger partial charge on any atom is -0.459 e. The van der Waals surface area contributed by atoms with E-state index in [0.717, 1.165) is 13.2 Å². The highest BCUT2D eigenvalue weighted by Gasteiger charge is 2.32. The summed E-state index contributed by atoms with van der Waals surface area (Å²) in [5, 5.41) is 3.23. The maximum atomic E-state index is 11.9. The van der Waals surface area contributed by atoms with Gasteiger partial charge >= 0.3 is 5.97 Å². The maximum Gasteiger partial charge on any atom is 0.323 e. The molecule has 0 bridgehead atoms. The van der Waals surface area contributed by atoms with E-state index in [0.29, 0.717) is 12.6 Å². The van der Waals surface area contributed by atoms with Gasteiger partial charge in [0.25, 0.3) is 0 Å². The minimum absolute atomic E-state index is 0.175. The molecule has 20 heavy (non-hydrogen) atoms. The third-order valence-electron chi connectivity index (χ3n) is 3.87. The molecule has 3 unspecified atom stereocenters. The van der Waals surface area contributed by atoms with Crippen molar-refractivity contribution in [2.24, 2.45) is 0 Å². The zero-order chi connectivity index (χ0) is 14.8. The van der Waals surface area contributed by atoms with Crippen molar-refractivity contribution in [1.82, 2.24) is 10.2 Å². The summed E-state index contributed by atoms with van der Waals surface area (Å²) in [6, 6.07) is 0.323. The Bertz CT molecular complexity index is 341. The van der Waals surface area contributed by atoms with Crippen LogP contribution in [-0.2, 0) is 14.3 Å². The van der Waals surface area contributed by atoms with Gasteiger partial charge in [-0.1, -0.05) is 0 Å². The molecule has 5 nitrogen and oxygen atoms in total. The van der Waals surface area contributed by atoms with E-state index < -0.39 is 5.60 Å². The molecule has 0 aromatic rings. The third-order valence-corrected chi connectivity index (χ3v) is 3.87. The van der Waals surface area contributed by atoms with E-state index in [1.54, 1.807) is 0 Å². The van der Waals surface area contributed by atoms with Crippen molar-refractivity contribution in [3.63, 3.8) is 0 Å². The van der Waals surface area contributed by atoms with E-state index in [1.807, 2.05) is 27.7 Å². The monoisotopic (exact) mass is 284 g/mol. The Hall–Kier alpha value is -0.650. The molecule has 5 heteroatoms. The van der Waals surface area contributed by atoms with Crippen molar-refractivity contribution in [2.45, 2.75) is 64.3 Å². The Labute approximate surface area is 122 Å². The predicted molar refractivity (Wildman–Crippen MR) is 77.6 cm³/mol. The van der Waals surface area contributed by atoms with Crippen molar-refractivity contribution >= 4 is 5.97 Å². The number of ether oxygens (including phenoxy) is 2. The van der Waals surface area contributed by atoms with Crippen LogP contribution in [-0.4, -0.2) is 60.9 Å². The zero-order valence-electron chi connectivity index (χ0n) is 13.1.